The molecule has 3 N–H and O–H groups in total. The van der Waals surface area contributed by atoms with Gasteiger partial charge < -0.3 is 10.6 Å². The summed E-state index contributed by atoms with van der Waals surface area (Å²) in [6.45, 7) is 2.41. The van der Waals surface area contributed by atoms with Crippen LogP contribution in [0.4, 0.5) is 0 Å². The minimum absolute atomic E-state index is 0.0147. The Labute approximate surface area is 149 Å². The number of hydrogen-bond donors (Lipinski definition) is 3. The highest BCUT2D eigenvalue weighted by Crippen LogP contribution is 2.32. The first-order valence-electron chi connectivity index (χ1n) is 9.01. The van der Waals surface area contributed by atoms with Crippen molar-refractivity contribution in [2.24, 2.45) is 5.92 Å². The van der Waals surface area contributed by atoms with Crippen LogP contribution in [0.1, 0.15) is 37.7 Å². The second kappa shape index (κ2) is 7.85. The molecular formula is C18H27N3O3S. The first kappa shape index (κ1) is 18.4. The van der Waals surface area contributed by atoms with Crippen molar-refractivity contribution < 1.29 is 13.2 Å². The minimum atomic E-state index is -3.52. The molecule has 138 valence electrons. The van der Waals surface area contributed by atoms with Crippen molar-refractivity contribution in [3.05, 3.63) is 29.8 Å². The normalized spacial score (nSPS) is 25.7. The van der Waals surface area contributed by atoms with Crippen molar-refractivity contribution in [3.8, 4) is 0 Å². The SMILES string of the molecule is Cc1ccc(S(=O)(=O)NCCNC(=O)CC2CC3CCC(C2)N3)cc1. The van der Waals surface area contributed by atoms with Gasteiger partial charge in [-0.05, 0) is 50.7 Å². The lowest BCUT2D eigenvalue weighted by molar-refractivity contribution is -0.122. The monoisotopic (exact) mass is 365 g/mol. The number of aryl methyl sites for hydroxylation is 1. The number of hydrogen-bond acceptors (Lipinski definition) is 4. The van der Waals surface area contributed by atoms with Crippen LogP contribution < -0.4 is 15.4 Å². The fourth-order valence-electron chi connectivity index (χ4n) is 3.86. The Morgan fingerprint density at radius 1 is 1.12 bits per heavy atom. The van der Waals surface area contributed by atoms with Crippen molar-refractivity contribution >= 4 is 15.9 Å². The first-order chi connectivity index (χ1) is 11.9. The van der Waals surface area contributed by atoms with Crippen LogP contribution in [0.5, 0.6) is 0 Å². The molecule has 1 aromatic rings. The van der Waals surface area contributed by atoms with Gasteiger partial charge in [-0.25, -0.2) is 13.1 Å². The number of amides is 1. The Bertz CT molecular complexity index is 691. The molecule has 2 aliphatic heterocycles. The Hall–Kier alpha value is -1.44. The molecule has 2 fully saturated rings. The maximum atomic E-state index is 12.2. The predicted molar refractivity (Wildman–Crippen MR) is 96.7 cm³/mol. The fourth-order valence-corrected chi connectivity index (χ4v) is 4.90. The van der Waals surface area contributed by atoms with Crippen molar-refractivity contribution in [1.29, 1.82) is 0 Å². The summed E-state index contributed by atoms with van der Waals surface area (Å²) in [5, 5.41) is 6.40. The number of carbonyl (C=O) groups excluding carboxylic acids is 1. The van der Waals surface area contributed by atoms with Gasteiger partial charge in [0.25, 0.3) is 0 Å². The lowest BCUT2D eigenvalue weighted by Crippen LogP contribution is -2.40. The molecule has 2 saturated heterocycles. The van der Waals surface area contributed by atoms with E-state index in [0.717, 1.165) is 18.4 Å². The van der Waals surface area contributed by atoms with E-state index < -0.39 is 10.0 Å². The maximum absolute atomic E-state index is 12.2. The van der Waals surface area contributed by atoms with Gasteiger partial charge >= 0.3 is 0 Å². The van der Waals surface area contributed by atoms with Crippen molar-refractivity contribution in [2.75, 3.05) is 13.1 Å². The lowest BCUT2D eigenvalue weighted by Gasteiger charge is -2.28. The van der Waals surface area contributed by atoms with Gasteiger partial charge in [0.15, 0.2) is 0 Å². The zero-order valence-electron chi connectivity index (χ0n) is 14.6. The van der Waals surface area contributed by atoms with Gasteiger partial charge in [-0.2, -0.15) is 0 Å². The molecule has 2 atom stereocenters. The molecule has 0 spiro atoms. The van der Waals surface area contributed by atoms with Gasteiger partial charge in [0.1, 0.15) is 0 Å². The summed E-state index contributed by atoms with van der Waals surface area (Å²) in [5.41, 5.74) is 1.01. The highest BCUT2D eigenvalue weighted by molar-refractivity contribution is 7.89. The Balaban J connectivity index is 1.37. The van der Waals surface area contributed by atoms with Gasteiger partial charge in [-0.3, -0.25) is 4.79 Å². The standard InChI is InChI=1S/C18H27N3O3S/c1-13-2-6-17(7-3-13)25(23,24)20-9-8-19-18(22)12-14-10-15-4-5-16(11-14)21-15/h2-3,6-7,14-16,20-21H,4-5,8-12H2,1H3,(H,19,22). The summed E-state index contributed by atoms with van der Waals surface area (Å²) in [4.78, 5) is 12.3. The van der Waals surface area contributed by atoms with E-state index in [9.17, 15) is 13.2 Å². The number of sulfonamides is 1. The highest BCUT2D eigenvalue weighted by atomic mass is 32.2. The molecule has 2 unspecified atom stereocenters. The van der Waals surface area contributed by atoms with Gasteiger partial charge in [-0.1, -0.05) is 17.7 Å². The first-order valence-corrected chi connectivity index (χ1v) is 10.5. The predicted octanol–water partition coefficient (Wildman–Crippen LogP) is 1.31. The number of benzene rings is 1. The van der Waals surface area contributed by atoms with E-state index in [4.69, 9.17) is 0 Å². The Morgan fingerprint density at radius 2 is 1.76 bits per heavy atom. The molecule has 0 saturated carbocycles. The Kier molecular flexibility index (Phi) is 5.76. The van der Waals surface area contributed by atoms with Crippen LogP contribution in [0.25, 0.3) is 0 Å². The van der Waals surface area contributed by atoms with Crippen molar-refractivity contribution in [1.82, 2.24) is 15.4 Å². The van der Waals surface area contributed by atoms with E-state index in [2.05, 4.69) is 15.4 Å². The minimum Gasteiger partial charge on any atom is -0.355 e. The molecule has 0 aromatic heterocycles. The zero-order chi connectivity index (χ0) is 17.9. The second-order valence-corrected chi connectivity index (χ2v) is 9.01. The van der Waals surface area contributed by atoms with Gasteiger partial charge in [0.05, 0.1) is 4.90 Å². The van der Waals surface area contributed by atoms with Crippen LogP contribution in [0, 0.1) is 12.8 Å². The van der Waals surface area contributed by atoms with Gasteiger partial charge in [-0.15, -0.1) is 0 Å². The largest absolute Gasteiger partial charge is 0.355 e. The summed E-state index contributed by atoms with van der Waals surface area (Å²) in [6, 6.07) is 7.87. The quantitative estimate of drug-likeness (QED) is 0.636. The second-order valence-electron chi connectivity index (χ2n) is 7.24. The smallest absolute Gasteiger partial charge is 0.240 e. The van der Waals surface area contributed by atoms with Crippen LogP contribution in [0.2, 0.25) is 0 Å². The summed E-state index contributed by atoms with van der Waals surface area (Å²) in [7, 11) is -3.52. The number of nitrogens with one attached hydrogen (secondary N) is 3. The molecule has 1 aromatic carbocycles. The molecule has 25 heavy (non-hydrogen) atoms. The molecular weight excluding hydrogens is 338 g/mol. The topological polar surface area (TPSA) is 87.3 Å². The summed E-state index contributed by atoms with van der Waals surface area (Å²) in [6.07, 6.45) is 5.14. The maximum Gasteiger partial charge on any atom is 0.240 e. The van der Waals surface area contributed by atoms with E-state index in [-0.39, 0.29) is 17.3 Å². The van der Waals surface area contributed by atoms with E-state index in [0.29, 0.717) is 31.0 Å². The molecule has 2 aliphatic rings. The van der Waals surface area contributed by atoms with Crippen LogP contribution in [-0.2, 0) is 14.8 Å². The third-order valence-corrected chi connectivity index (χ3v) is 6.59. The van der Waals surface area contributed by atoms with Gasteiger partial charge in [0, 0.05) is 31.6 Å². The number of fused-ring (bicyclic) bond motifs is 2. The molecule has 7 heteroatoms. The average Bonchev–Trinajstić information content (AvgIpc) is 2.91. The molecule has 0 aliphatic carbocycles. The number of piperidine rings is 1. The Morgan fingerprint density at radius 3 is 2.40 bits per heavy atom. The summed E-state index contributed by atoms with van der Waals surface area (Å²) < 4.78 is 26.8. The van der Waals surface area contributed by atoms with E-state index in [1.54, 1.807) is 24.3 Å². The molecule has 2 heterocycles. The number of rotatable bonds is 7. The molecule has 2 bridgehead atoms. The molecule has 3 rings (SSSR count). The van der Waals surface area contributed by atoms with Crippen LogP contribution in [0.15, 0.2) is 29.2 Å². The van der Waals surface area contributed by atoms with E-state index in [1.165, 1.54) is 12.8 Å². The summed E-state index contributed by atoms with van der Waals surface area (Å²) in [5.74, 6) is 0.462. The average molecular weight is 365 g/mol. The lowest BCUT2D eigenvalue weighted by atomic mass is 9.89. The number of carbonyl (C=O) groups is 1. The third-order valence-electron chi connectivity index (χ3n) is 5.12. The molecule has 6 nitrogen and oxygen atoms in total. The molecule has 1 amide bonds. The van der Waals surface area contributed by atoms with Crippen LogP contribution in [0.3, 0.4) is 0 Å². The van der Waals surface area contributed by atoms with E-state index in [1.807, 2.05) is 6.92 Å². The highest BCUT2D eigenvalue weighted by Gasteiger charge is 2.34. The summed E-state index contributed by atoms with van der Waals surface area (Å²) >= 11 is 0. The van der Waals surface area contributed by atoms with Gasteiger partial charge in [0.2, 0.25) is 15.9 Å². The fraction of sp³-hybridized carbons (Fsp3) is 0.611. The van der Waals surface area contributed by atoms with Crippen LogP contribution >= 0.6 is 0 Å². The van der Waals surface area contributed by atoms with Crippen LogP contribution in [-0.4, -0.2) is 39.5 Å². The molecule has 0 radical (unpaired) electrons. The van der Waals surface area contributed by atoms with Crippen molar-refractivity contribution in [3.63, 3.8) is 0 Å². The van der Waals surface area contributed by atoms with E-state index >= 15 is 0 Å². The zero-order valence-corrected chi connectivity index (χ0v) is 15.4. The third kappa shape index (κ3) is 5.03. The van der Waals surface area contributed by atoms with Crippen molar-refractivity contribution in [2.45, 2.75) is 56.0 Å².